The molecule has 66 valence electrons. The van der Waals surface area contributed by atoms with Gasteiger partial charge in [-0.15, -0.1) is 0 Å². The first-order valence-electron chi connectivity index (χ1n) is 3.51. The molecule has 2 nitrogen and oxygen atoms in total. The number of benzene rings is 1. The summed E-state index contributed by atoms with van der Waals surface area (Å²) in [5, 5.41) is 0.930. The standard InChI is InChI=1S/C8H4Br2N2S/c9-6-3-1-5(2-4-6)7-11-8(10)12-13-7/h1-4H. The second kappa shape index (κ2) is 3.86. The van der Waals surface area contributed by atoms with Gasteiger partial charge in [0, 0.05) is 10.0 Å². The van der Waals surface area contributed by atoms with Gasteiger partial charge < -0.3 is 0 Å². The average Bonchev–Trinajstić information content (AvgIpc) is 2.53. The Morgan fingerprint density at radius 1 is 1.08 bits per heavy atom. The molecule has 5 heteroatoms. The summed E-state index contributed by atoms with van der Waals surface area (Å²) in [6, 6.07) is 8.00. The molecule has 0 N–H and O–H groups in total. The molecule has 0 spiro atoms. The lowest BCUT2D eigenvalue weighted by molar-refractivity contribution is 1.26. The van der Waals surface area contributed by atoms with Gasteiger partial charge in [0.05, 0.1) is 0 Å². The molecule has 0 fully saturated rings. The van der Waals surface area contributed by atoms with Crippen LogP contribution in [0.5, 0.6) is 0 Å². The van der Waals surface area contributed by atoms with Gasteiger partial charge in [-0.1, -0.05) is 28.1 Å². The summed E-state index contributed by atoms with van der Waals surface area (Å²) in [6.45, 7) is 0. The Bertz CT molecular complexity index is 410. The van der Waals surface area contributed by atoms with Crippen molar-refractivity contribution in [2.75, 3.05) is 0 Å². The van der Waals surface area contributed by atoms with Crippen molar-refractivity contribution in [1.29, 1.82) is 0 Å². The minimum atomic E-state index is 0.649. The molecule has 1 aromatic heterocycles. The molecule has 0 aliphatic heterocycles. The molecule has 0 amide bonds. The van der Waals surface area contributed by atoms with Gasteiger partial charge in [0.25, 0.3) is 0 Å². The second-order valence-electron chi connectivity index (χ2n) is 2.38. The van der Waals surface area contributed by atoms with Crippen molar-refractivity contribution >= 4 is 43.4 Å². The minimum Gasteiger partial charge on any atom is -0.209 e. The van der Waals surface area contributed by atoms with Crippen LogP contribution in [-0.4, -0.2) is 9.36 Å². The highest BCUT2D eigenvalue weighted by Crippen LogP contribution is 2.24. The van der Waals surface area contributed by atoms with Gasteiger partial charge in [0.1, 0.15) is 5.01 Å². The lowest BCUT2D eigenvalue weighted by atomic mass is 10.2. The fourth-order valence-corrected chi connectivity index (χ4v) is 2.26. The highest BCUT2D eigenvalue weighted by Gasteiger charge is 2.03. The van der Waals surface area contributed by atoms with Crippen LogP contribution in [-0.2, 0) is 0 Å². The van der Waals surface area contributed by atoms with Crippen LogP contribution < -0.4 is 0 Å². The summed E-state index contributed by atoms with van der Waals surface area (Å²) in [6.07, 6.45) is 0. The zero-order valence-electron chi connectivity index (χ0n) is 6.37. The van der Waals surface area contributed by atoms with E-state index in [-0.39, 0.29) is 0 Å². The third kappa shape index (κ3) is 2.15. The Morgan fingerprint density at radius 2 is 1.77 bits per heavy atom. The molecule has 0 saturated carbocycles. The first-order valence-corrected chi connectivity index (χ1v) is 5.87. The maximum Gasteiger partial charge on any atom is 0.209 e. The number of aromatic nitrogens is 2. The van der Waals surface area contributed by atoms with E-state index >= 15 is 0 Å². The molecule has 0 unspecified atom stereocenters. The monoisotopic (exact) mass is 318 g/mol. The molecule has 13 heavy (non-hydrogen) atoms. The van der Waals surface area contributed by atoms with E-state index < -0.39 is 0 Å². The van der Waals surface area contributed by atoms with Gasteiger partial charge in [-0.2, -0.15) is 4.37 Å². The summed E-state index contributed by atoms with van der Waals surface area (Å²) in [5.74, 6) is 0. The maximum absolute atomic E-state index is 4.22. The topological polar surface area (TPSA) is 25.8 Å². The van der Waals surface area contributed by atoms with Gasteiger partial charge in [-0.3, -0.25) is 0 Å². The lowest BCUT2D eigenvalue weighted by Gasteiger charge is -1.93. The van der Waals surface area contributed by atoms with Gasteiger partial charge in [-0.25, -0.2) is 4.98 Å². The van der Waals surface area contributed by atoms with Crippen molar-refractivity contribution in [3.63, 3.8) is 0 Å². The first kappa shape index (κ1) is 9.30. The molecule has 0 aliphatic carbocycles. The summed E-state index contributed by atoms with van der Waals surface area (Å²) < 4.78 is 5.77. The number of hydrogen-bond acceptors (Lipinski definition) is 3. The minimum absolute atomic E-state index is 0.649. The zero-order chi connectivity index (χ0) is 9.26. The Hall–Kier alpha value is -0.260. The summed E-state index contributed by atoms with van der Waals surface area (Å²) in [4.78, 5) is 4.22. The van der Waals surface area contributed by atoms with E-state index in [1.165, 1.54) is 11.5 Å². The number of halogens is 2. The molecule has 0 saturated heterocycles. The quantitative estimate of drug-likeness (QED) is 0.800. The van der Waals surface area contributed by atoms with Crippen LogP contribution in [0.15, 0.2) is 33.5 Å². The molecule has 1 aromatic carbocycles. The molecule has 2 aromatic rings. The lowest BCUT2D eigenvalue weighted by Crippen LogP contribution is -1.74. The van der Waals surface area contributed by atoms with Crippen LogP contribution in [0.1, 0.15) is 0 Å². The summed E-state index contributed by atoms with van der Waals surface area (Å²) >= 11 is 7.99. The fourth-order valence-electron chi connectivity index (χ4n) is 0.915. The van der Waals surface area contributed by atoms with E-state index in [1.807, 2.05) is 24.3 Å². The molecule has 2 rings (SSSR count). The third-order valence-electron chi connectivity index (χ3n) is 1.49. The van der Waals surface area contributed by atoms with E-state index in [2.05, 4.69) is 41.2 Å². The Morgan fingerprint density at radius 3 is 2.31 bits per heavy atom. The van der Waals surface area contributed by atoms with E-state index in [9.17, 15) is 0 Å². The highest BCUT2D eigenvalue weighted by molar-refractivity contribution is 9.10. The molecular formula is C8H4Br2N2S. The van der Waals surface area contributed by atoms with Crippen molar-refractivity contribution in [3.05, 3.63) is 33.5 Å². The summed E-state index contributed by atoms with van der Waals surface area (Å²) in [5.41, 5.74) is 1.09. The maximum atomic E-state index is 4.22. The molecular weight excluding hydrogens is 316 g/mol. The predicted octanol–water partition coefficient (Wildman–Crippen LogP) is 3.73. The molecule has 0 radical (unpaired) electrons. The SMILES string of the molecule is Brc1ccc(-c2nc(Br)ns2)cc1. The first-order chi connectivity index (χ1) is 6.25. The highest BCUT2D eigenvalue weighted by atomic mass is 79.9. The van der Waals surface area contributed by atoms with Gasteiger partial charge in [-0.05, 0) is 39.6 Å². The van der Waals surface area contributed by atoms with Crippen molar-refractivity contribution in [1.82, 2.24) is 9.36 Å². The van der Waals surface area contributed by atoms with Crippen molar-refractivity contribution in [2.45, 2.75) is 0 Å². The summed E-state index contributed by atoms with van der Waals surface area (Å²) in [7, 11) is 0. The number of nitrogens with zero attached hydrogens (tertiary/aromatic N) is 2. The van der Waals surface area contributed by atoms with Crippen LogP contribution in [0.2, 0.25) is 0 Å². The number of hydrogen-bond donors (Lipinski definition) is 0. The predicted molar refractivity (Wildman–Crippen MR) is 60.7 cm³/mol. The fraction of sp³-hybridized carbons (Fsp3) is 0. The molecule has 0 aliphatic rings. The third-order valence-corrected chi connectivity index (χ3v) is 3.37. The van der Waals surface area contributed by atoms with Crippen LogP contribution in [0, 0.1) is 0 Å². The zero-order valence-corrected chi connectivity index (χ0v) is 10.4. The van der Waals surface area contributed by atoms with E-state index in [4.69, 9.17) is 0 Å². The smallest absolute Gasteiger partial charge is 0.209 e. The van der Waals surface area contributed by atoms with Gasteiger partial charge >= 0.3 is 0 Å². The van der Waals surface area contributed by atoms with Gasteiger partial charge in [0.2, 0.25) is 4.73 Å². The van der Waals surface area contributed by atoms with Crippen LogP contribution in [0.4, 0.5) is 0 Å². The van der Waals surface area contributed by atoms with E-state index in [0.717, 1.165) is 15.0 Å². The van der Waals surface area contributed by atoms with Crippen LogP contribution in [0.3, 0.4) is 0 Å². The second-order valence-corrected chi connectivity index (χ2v) is 4.75. The van der Waals surface area contributed by atoms with E-state index in [1.54, 1.807) is 0 Å². The Labute approximate surface area is 96.4 Å². The molecule has 0 bridgehead atoms. The normalized spacial score (nSPS) is 10.3. The molecule has 1 heterocycles. The van der Waals surface area contributed by atoms with Crippen molar-refractivity contribution in [3.8, 4) is 10.6 Å². The van der Waals surface area contributed by atoms with Gasteiger partial charge in [0.15, 0.2) is 0 Å². The Kier molecular flexibility index (Phi) is 2.76. The largest absolute Gasteiger partial charge is 0.209 e. The van der Waals surface area contributed by atoms with Crippen molar-refractivity contribution < 1.29 is 0 Å². The average molecular weight is 320 g/mol. The van der Waals surface area contributed by atoms with Crippen molar-refractivity contribution in [2.24, 2.45) is 0 Å². The Balaban J connectivity index is 2.41. The number of rotatable bonds is 1. The van der Waals surface area contributed by atoms with Crippen LogP contribution in [0.25, 0.3) is 10.6 Å². The molecule has 0 atom stereocenters. The van der Waals surface area contributed by atoms with Crippen LogP contribution >= 0.6 is 43.4 Å². The van der Waals surface area contributed by atoms with E-state index in [0.29, 0.717) is 4.73 Å².